The minimum absolute atomic E-state index is 0.0911. The molecule has 3 N–H and O–H groups in total. The fourth-order valence-electron chi connectivity index (χ4n) is 1.66. The average molecular weight is 305 g/mol. The van der Waals surface area contributed by atoms with E-state index >= 15 is 0 Å². The molecule has 0 radical (unpaired) electrons. The van der Waals surface area contributed by atoms with E-state index in [4.69, 9.17) is 5.73 Å². The number of hydrogen-bond acceptors (Lipinski definition) is 2. The van der Waals surface area contributed by atoms with Crippen molar-refractivity contribution in [3.63, 3.8) is 0 Å². The Morgan fingerprint density at radius 1 is 1.10 bits per heavy atom. The van der Waals surface area contributed by atoms with Crippen LogP contribution >= 0.6 is 0 Å². The molecule has 2 atom stereocenters. The lowest BCUT2D eigenvalue weighted by molar-refractivity contribution is -0.273. The molecule has 0 spiro atoms. The molecule has 0 aliphatic heterocycles. The first-order valence-electron chi connectivity index (χ1n) is 5.23. The fourth-order valence-corrected chi connectivity index (χ4v) is 1.66. The molecule has 0 aliphatic rings. The van der Waals surface area contributed by atoms with Gasteiger partial charge in [0.1, 0.15) is 5.82 Å². The lowest BCUT2D eigenvalue weighted by Gasteiger charge is -2.34. The second-order valence-corrected chi connectivity index (χ2v) is 4.25. The Kier molecular flexibility index (Phi) is 4.08. The first-order chi connectivity index (χ1) is 8.81. The summed E-state index contributed by atoms with van der Waals surface area (Å²) in [7, 11) is 0. The van der Waals surface area contributed by atoms with Crippen molar-refractivity contribution in [2.24, 2.45) is 5.73 Å². The van der Waals surface area contributed by atoms with E-state index in [1.54, 1.807) is 0 Å². The van der Waals surface area contributed by atoms with Crippen LogP contribution in [0, 0.1) is 5.82 Å². The van der Waals surface area contributed by atoms with Crippen LogP contribution < -0.4 is 5.73 Å². The number of halogens is 7. The molecule has 1 rings (SSSR count). The third-order valence-electron chi connectivity index (χ3n) is 2.80. The summed E-state index contributed by atoms with van der Waals surface area (Å²) in [5, 5.41) is 9.64. The molecule has 0 fully saturated rings. The van der Waals surface area contributed by atoms with Crippen LogP contribution in [-0.2, 0) is 11.8 Å². The van der Waals surface area contributed by atoms with Crippen LogP contribution in [0.4, 0.5) is 30.7 Å². The average Bonchev–Trinajstić information content (AvgIpc) is 2.25. The highest BCUT2D eigenvalue weighted by atomic mass is 19.4. The van der Waals surface area contributed by atoms with Crippen LogP contribution in [0.3, 0.4) is 0 Å². The van der Waals surface area contributed by atoms with Gasteiger partial charge in [0, 0.05) is 6.04 Å². The van der Waals surface area contributed by atoms with E-state index in [1.807, 2.05) is 0 Å². The van der Waals surface area contributed by atoms with E-state index in [0.717, 1.165) is 6.92 Å². The predicted molar refractivity (Wildman–Crippen MR) is 55.0 cm³/mol. The zero-order chi connectivity index (χ0) is 15.9. The largest absolute Gasteiger partial charge is 0.422 e. The van der Waals surface area contributed by atoms with Crippen molar-refractivity contribution < 1.29 is 35.8 Å². The summed E-state index contributed by atoms with van der Waals surface area (Å²) >= 11 is 0. The van der Waals surface area contributed by atoms with Gasteiger partial charge in [0.25, 0.3) is 0 Å². The fraction of sp³-hybridized carbons (Fsp3) is 0.455. The topological polar surface area (TPSA) is 46.2 Å². The summed E-state index contributed by atoms with van der Waals surface area (Å²) in [6.45, 7) is 0.782. The van der Waals surface area contributed by atoms with Gasteiger partial charge in [-0.1, -0.05) is 6.07 Å². The lowest BCUT2D eigenvalue weighted by atomic mass is 9.86. The molecule has 1 aromatic carbocycles. The molecule has 0 aliphatic carbocycles. The van der Waals surface area contributed by atoms with Gasteiger partial charge in [-0.05, 0) is 24.6 Å². The number of rotatable bonds is 2. The molecule has 0 amide bonds. The van der Waals surface area contributed by atoms with Crippen LogP contribution in [0.2, 0.25) is 0 Å². The molecule has 114 valence electrons. The summed E-state index contributed by atoms with van der Waals surface area (Å²) < 4.78 is 89.1. The maximum absolute atomic E-state index is 13.0. The Morgan fingerprint density at radius 3 is 1.95 bits per heavy atom. The number of benzene rings is 1. The van der Waals surface area contributed by atoms with Crippen molar-refractivity contribution in [2.45, 2.75) is 30.9 Å². The van der Waals surface area contributed by atoms with E-state index in [0.29, 0.717) is 6.07 Å². The maximum atomic E-state index is 13.0. The molecule has 0 saturated heterocycles. The summed E-state index contributed by atoms with van der Waals surface area (Å²) in [6.07, 6.45) is -10.5. The van der Waals surface area contributed by atoms with Crippen molar-refractivity contribution in [1.29, 1.82) is 0 Å². The Morgan fingerprint density at radius 2 is 1.60 bits per heavy atom. The molecular formula is C11H10F7NO. The quantitative estimate of drug-likeness (QED) is 0.825. The highest BCUT2D eigenvalue weighted by Gasteiger charge is 2.58. The number of hydrogen-bond donors (Lipinski definition) is 2. The standard InChI is InChI=1S/C11H10F7NO/c1-5(19)9(20,11(16,17)18)6-2-3-8(12)7(4-6)10(13,14)15/h2-5,20H,19H2,1H3. The molecule has 20 heavy (non-hydrogen) atoms. The molecule has 2 nitrogen and oxygen atoms in total. The second-order valence-electron chi connectivity index (χ2n) is 4.25. The summed E-state index contributed by atoms with van der Waals surface area (Å²) in [4.78, 5) is 0. The van der Waals surface area contributed by atoms with Gasteiger partial charge in [0.2, 0.25) is 5.60 Å². The van der Waals surface area contributed by atoms with Gasteiger partial charge in [0.15, 0.2) is 0 Å². The number of nitrogens with two attached hydrogens (primary N) is 1. The van der Waals surface area contributed by atoms with E-state index in [-0.39, 0.29) is 12.1 Å². The second kappa shape index (κ2) is 4.88. The van der Waals surface area contributed by atoms with Crippen molar-refractivity contribution >= 4 is 0 Å². The monoisotopic (exact) mass is 305 g/mol. The highest BCUT2D eigenvalue weighted by molar-refractivity contribution is 5.33. The third kappa shape index (κ3) is 2.73. The molecule has 0 aromatic heterocycles. The van der Waals surface area contributed by atoms with Gasteiger partial charge >= 0.3 is 12.4 Å². The first kappa shape index (κ1) is 16.7. The number of aliphatic hydroxyl groups is 1. The van der Waals surface area contributed by atoms with Crippen LogP contribution in [0.15, 0.2) is 18.2 Å². The summed E-state index contributed by atoms with van der Waals surface area (Å²) in [6, 6.07) is -1.42. The van der Waals surface area contributed by atoms with E-state index in [9.17, 15) is 35.8 Å². The Labute approximate surface area is 109 Å². The molecule has 1 aromatic rings. The minimum Gasteiger partial charge on any atom is -0.375 e. The van der Waals surface area contributed by atoms with Crippen molar-refractivity contribution in [1.82, 2.24) is 0 Å². The lowest BCUT2D eigenvalue weighted by Crippen LogP contribution is -2.54. The molecule has 0 bridgehead atoms. The molecular weight excluding hydrogens is 295 g/mol. The van der Waals surface area contributed by atoms with Crippen molar-refractivity contribution in [3.05, 3.63) is 35.1 Å². The van der Waals surface area contributed by atoms with Gasteiger partial charge in [-0.2, -0.15) is 26.3 Å². The molecule has 2 unspecified atom stereocenters. The Bertz CT molecular complexity index is 495. The van der Waals surface area contributed by atoms with Crippen LogP contribution in [-0.4, -0.2) is 17.3 Å². The van der Waals surface area contributed by atoms with Crippen molar-refractivity contribution in [3.8, 4) is 0 Å². The van der Waals surface area contributed by atoms with E-state index in [2.05, 4.69) is 0 Å². The first-order valence-corrected chi connectivity index (χ1v) is 5.23. The Hall–Kier alpha value is -1.35. The van der Waals surface area contributed by atoms with Gasteiger partial charge in [-0.3, -0.25) is 0 Å². The Balaban J connectivity index is 3.53. The minimum atomic E-state index is -5.32. The zero-order valence-electron chi connectivity index (χ0n) is 9.98. The van der Waals surface area contributed by atoms with Crippen LogP contribution in [0.1, 0.15) is 18.1 Å². The van der Waals surface area contributed by atoms with Gasteiger partial charge in [0.05, 0.1) is 5.56 Å². The maximum Gasteiger partial charge on any atom is 0.422 e. The van der Waals surface area contributed by atoms with Crippen molar-refractivity contribution in [2.75, 3.05) is 0 Å². The smallest absolute Gasteiger partial charge is 0.375 e. The number of alkyl halides is 6. The molecule has 9 heteroatoms. The third-order valence-corrected chi connectivity index (χ3v) is 2.80. The van der Waals surface area contributed by atoms with Crippen LogP contribution in [0.25, 0.3) is 0 Å². The van der Waals surface area contributed by atoms with E-state index in [1.165, 1.54) is 0 Å². The molecule has 0 saturated carbocycles. The zero-order valence-corrected chi connectivity index (χ0v) is 9.98. The SMILES string of the molecule is CC(N)C(O)(c1ccc(F)c(C(F)(F)F)c1)C(F)(F)F. The highest BCUT2D eigenvalue weighted by Crippen LogP contribution is 2.43. The summed E-state index contributed by atoms with van der Waals surface area (Å²) in [5.74, 6) is -1.74. The van der Waals surface area contributed by atoms with Gasteiger partial charge in [-0.25, -0.2) is 4.39 Å². The van der Waals surface area contributed by atoms with Gasteiger partial charge in [-0.15, -0.1) is 0 Å². The molecule has 0 heterocycles. The van der Waals surface area contributed by atoms with E-state index < -0.39 is 40.9 Å². The normalized spacial score (nSPS) is 17.7. The predicted octanol–water partition coefficient (Wildman–Crippen LogP) is 2.94. The van der Waals surface area contributed by atoms with Crippen LogP contribution in [0.5, 0.6) is 0 Å². The van der Waals surface area contributed by atoms with Gasteiger partial charge < -0.3 is 10.8 Å². The summed E-state index contributed by atoms with van der Waals surface area (Å²) in [5.41, 5.74) is -1.74.